The van der Waals surface area contributed by atoms with Crippen molar-refractivity contribution < 1.29 is 21.6 Å². The van der Waals surface area contributed by atoms with Gasteiger partial charge in [-0.3, -0.25) is 0 Å². The number of halogens is 1. The van der Waals surface area contributed by atoms with E-state index < -0.39 is 0 Å². The Labute approximate surface area is 82.2 Å². The van der Waals surface area contributed by atoms with Crippen LogP contribution in [0.15, 0.2) is 12.3 Å². The van der Waals surface area contributed by atoms with Gasteiger partial charge in [0, 0.05) is 0 Å². The second kappa shape index (κ2) is 7.44. The predicted molar refractivity (Wildman–Crippen MR) is 48.3 cm³/mol. The predicted octanol–water partition coefficient (Wildman–Crippen LogP) is -1.36. The summed E-state index contributed by atoms with van der Waals surface area (Å²) >= 11 is 0. The number of hydrogen-bond donors (Lipinski definition) is 0. The summed E-state index contributed by atoms with van der Waals surface area (Å²) in [6, 6.07) is 0. The Morgan fingerprint density at radius 2 is 1.92 bits per heavy atom. The van der Waals surface area contributed by atoms with E-state index in [-0.39, 0.29) is 12.4 Å². The van der Waals surface area contributed by atoms with Crippen molar-refractivity contribution in [2.24, 2.45) is 0 Å². The second-order valence-corrected chi connectivity index (χ2v) is 3.32. The molecular weight excluding hydrogens is 174 g/mol. The third-order valence-corrected chi connectivity index (χ3v) is 1.90. The first-order valence-electron chi connectivity index (χ1n) is 4.17. The van der Waals surface area contributed by atoms with Crippen LogP contribution in [0.4, 0.5) is 0 Å². The first-order chi connectivity index (χ1) is 5.12. The van der Waals surface area contributed by atoms with Gasteiger partial charge in [-0.05, 0) is 13.8 Å². The van der Waals surface area contributed by atoms with Gasteiger partial charge in [-0.2, -0.15) is 0 Å². The van der Waals surface area contributed by atoms with Crippen molar-refractivity contribution in [1.29, 1.82) is 0 Å². The summed E-state index contributed by atoms with van der Waals surface area (Å²) < 4.78 is 6.25. The van der Waals surface area contributed by atoms with E-state index in [2.05, 4.69) is 21.0 Å². The zero-order chi connectivity index (χ0) is 8.74. The number of quaternary nitrogens is 1. The van der Waals surface area contributed by atoms with Gasteiger partial charge in [0.15, 0.2) is 0 Å². The molecule has 0 fully saturated rings. The van der Waals surface area contributed by atoms with Gasteiger partial charge in [-0.25, -0.2) is 0 Å². The molecule has 0 bridgehead atoms. The number of allylic oxidation sites excluding steroid dienone is 1. The molecular formula is C9H20ClNO. The van der Waals surface area contributed by atoms with Crippen LogP contribution in [-0.4, -0.2) is 38.3 Å². The Morgan fingerprint density at radius 1 is 1.33 bits per heavy atom. The molecule has 0 radical (unpaired) electrons. The van der Waals surface area contributed by atoms with E-state index in [1.165, 1.54) is 0 Å². The Morgan fingerprint density at radius 3 is 2.33 bits per heavy atom. The van der Waals surface area contributed by atoms with Crippen molar-refractivity contribution in [1.82, 2.24) is 0 Å². The van der Waals surface area contributed by atoms with Crippen molar-refractivity contribution in [3.63, 3.8) is 0 Å². The summed E-state index contributed by atoms with van der Waals surface area (Å²) in [5.41, 5.74) is 0. The van der Waals surface area contributed by atoms with Gasteiger partial charge >= 0.3 is 0 Å². The average molecular weight is 194 g/mol. The number of hydrogen-bond acceptors (Lipinski definition) is 1. The first kappa shape index (κ1) is 14.3. The second-order valence-electron chi connectivity index (χ2n) is 3.32. The molecule has 12 heavy (non-hydrogen) atoms. The Bertz CT molecular complexity index is 124. The smallest absolute Gasteiger partial charge is 0.136 e. The van der Waals surface area contributed by atoms with E-state index in [1.807, 2.05) is 13.0 Å². The van der Waals surface area contributed by atoms with E-state index in [9.17, 15) is 0 Å². The highest BCUT2D eigenvalue weighted by molar-refractivity contribution is 4.64. The monoisotopic (exact) mass is 193 g/mol. The largest absolute Gasteiger partial charge is 1.00 e. The van der Waals surface area contributed by atoms with Gasteiger partial charge in [0.2, 0.25) is 0 Å². The molecule has 0 unspecified atom stereocenters. The number of nitrogens with zero attached hydrogens (tertiary/aromatic N) is 1. The lowest BCUT2D eigenvalue weighted by molar-refractivity contribution is -0.888. The summed E-state index contributed by atoms with van der Waals surface area (Å²) in [5, 5.41) is 0. The van der Waals surface area contributed by atoms with Crippen LogP contribution in [0.5, 0.6) is 0 Å². The molecule has 0 aromatic carbocycles. The minimum absolute atomic E-state index is 0. The third kappa shape index (κ3) is 7.89. The molecule has 0 spiro atoms. The molecule has 3 heteroatoms. The van der Waals surface area contributed by atoms with Gasteiger partial charge in [-0.15, -0.1) is 0 Å². The molecule has 0 aliphatic heterocycles. The van der Waals surface area contributed by atoms with E-state index in [4.69, 9.17) is 4.74 Å². The van der Waals surface area contributed by atoms with Crippen molar-refractivity contribution >= 4 is 0 Å². The Balaban J connectivity index is 0. The first-order valence-corrected chi connectivity index (χ1v) is 4.17. The molecule has 0 N–H and O–H groups in total. The molecule has 0 aromatic heterocycles. The summed E-state index contributed by atoms with van der Waals surface area (Å²) in [7, 11) is 4.41. The van der Waals surface area contributed by atoms with E-state index in [1.54, 1.807) is 6.26 Å². The Kier molecular flexibility index (Phi) is 8.88. The lowest BCUT2D eigenvalue weighted by atomic mass is 10.4. The van der Waals surface area contributed by atoms with Gasteiger partial charge < -0.3 is 21.6 Å². The lowest BCUT2D eigenvalue weighted by Crippen LogP contribution is -3.00. The molecule has 0 aromatic rings. The topological polar surface area (TPSA) is 9.23 Å². The molecule has 0 saturated heterocycles. The quantitative estimate of drug-likeness (QED) is 0.298. The number of ether oxygens (including phenoxy) is 1. The van der Waals surface area contributed by atoms with Crippen LogP contribution in [0, 0.1) is 0 Å². The van der Waals surface area contributed by atoms with Gasteiger partial charge in [0.05, 0.1) is 26.9 Å². The number of likely N-dealkylation sites (N-methyl/N-ethyl adjacent to an activating group) is 1. The normalized spacial score (nSPS) is 11.3. The fraction of sp³-hybridized carbons (Fsp3) is 0.778. The van der Waals surface area contributed by atoms with Crippen LogP contribution in [-0.2, 0) is 4.74 Å². The average Bonchev–Trinajstić information content (AvgIpc) is 1.99. The summed E-state index contributed by atoms with van der Waals surface area (Å²) in [4.78, 5) is 0. The van der Waals surface area contributed by atoms with Crippen molar-refractivity contribution in [3.8, 4) is 0 Å². The lowest BCUT2D eigenvalue weighted by Gasteiger charge is -2.27. The van der Waals surface area contributed by atoms with Crippen molar-refractivity contribution in [2.75, 3.05) is 33.8 Å². The fourth-order valence-electron chi connectivity index (χ4n) is 0.622. The highest BCUT2D eigenvalue weighted by Gasteiger charge is 2.09. The van der Waals surface area contributed by atoms with Crippen LogP contribution < -0.4 is 12.4 Å². The molecule has 0 aliphatic carbocycles. The van der Waals surface area contributed by atoms with E-state index >= 15 is 0 Å². The summed E-state index contributed by atoms with van der Waals surface area (Å²) in [5.74, 6) is 0. The van der Waals surface area contributed by atoms with E-state index in [0.29, 0.717) is 0 Å². The van der Waals surface area contributed by atoms with E-state index in [0.717, 1.165) is 24.2 Å². The van der Waals surface area contributed by atoms with Crippen LogP contribution in [0.1, 0.15) is 13.8 Å². The van der Waals surface area contributed by atoms with Gasteiger partial charge in [-0.1, -0.05) is 6.08 Å². The van der Waals surface area contributed by atoms with Crippen molar-refractivity contribution in [2.45, 2.75) is 13.8 Å². The van der Waals surface area contributed by atoms with Crippen LogP contribution in [0.3, 0.4) is 0 Å². The minimum Gasteiger partial charge on any atom is -1.00 e. The molecule has 74 valence electrons. The van der Waals surface area contributed by atoms with Crippen LogP contribution >= 0.6 is 0 Å². The maximum absolute atomic E-state index is 5.22. The fourth-order valence-corrected chi connectivity index (χ4v) is 0.622. The Hall–Kier alpha value is -0.210. The molecule has 0 aliphatic rings. The highest BCUT2D eigenvalue weighted by Crippen LogP contribution is 1.94. The molecule has 0 saturated carbocycles. The zero-order valence-electron chi connectivity index (χ0n) is 8.51. The minimum atomic E-state index is 0. The maximum Gasteiger partial charge on any atom is 0.136 e. The summed E-state index contributed by atoms with van der Waals surface area (Å²) in [6.07, 6.45) is 3.65. The van der Waals surface area contributed by atoms with Gasteiger partial charge in [0.1, 0.15) is 13.2 Å². The van der Waals surface area contributed by atoms with Crippen LogP contribution in [0.25, 0.3) is 0 Å². The molecule has 0 heterocycles. The number of rotatable bonds is 5. The summed E-state index contributed by atoms with van der Waals surface area (Å²) in [6.45, 7) is 7.18. The zero-order valence-corrected chi connectivity index (χ0v) is 9.27. The standard InChI is InChI=1S/C9H20NO.ClH/c1-5-8-11-9-7-10(3,4)6-2;/h5,8H,6-7,9H2,1-4H3;1H/q+1;/p-1. The van der Waals surface area contributed by atoms with Gasteiger partial charge in [0.25, 0.3) is 0 Å². The molecule has 2 nitrogen and oxygen atoms in total. The molecule has 0 amide bonds. The highest BCUT2D eigenvalue weighted by atomic mass is 35.5. The SMILES string of the molecule is CC=COCC[N+](C)(C)CC.[Cl-]. The van der Waals surface area contributed by atoms with Crippen LogP contribution in [0.2, 0.25) is 0 Å². The van der Waals surface area contributed by atoms with Crippen molar-refractivity contribution in [3.05, 3.63) is 12.3 Å². The third-order valence-electron chi connectivity index (χ3n) is 1.90. The molecule has 0 atom stereocenters. The molecule has 0 rings (SSSR count). The maximum atomic E-state index is 5.22.